The number of hydrogen-bond donors (Lipinski definition) is 2. The van der Waals surface area contributed by atoms with Gasteiger partial charge in [0.25, 0.3) is 11.6 Å². The van der Waals surface area contributed by atoms with Crippen molar-refractivity contribution in [3.05, 3.63) is 75.3 Å². The minimum absolute atomic E-state index is 0.0244. The minimum atomic E-state index is -4.47. The van der Waals surface area contributed by atoms with Crippen molar-refractivity contribution in [1.29, 1.82) is 0 Å². The molecule has 7 nitrogen and oxygen atoms in total. The highest BCUT2D eigenvalue weighted by Gasteiger charge is 2.30. The molecule has 0 aliphatic rings. The first-order chi connectivity index (χ1) is 13.7. The average Bonchev–Trinajstić information content (AvgIpc) is 2.69. The summed E-state index contributed by atoms with van der Waals surface area (Å²) in [6.07, 6.45) is -4.47. The molecular weight excluding hydrogens is 391 g/mol. The molecule has 0 aromatic heterocycles. The summed E-state index contributed by atoms with van der Waals surface area (Å²) in [5.41, 5.74) is -0.909. The Morgan fingerprint density at radius 3 is 2.48 bits per heavy atom. The number of amides is 2. The molecule has 2 aromatic rings. The van der Waals surface area contributed by atoms with Gasteiger partial charge in [-0.25, -0.2) is 0 Å². The van der Waals surface area contributed by atoms with E-state index in [1.54, 1.807) is 0 Å². The third-order valence-electron chi connectivity index (χ3n) is 3.53. The van der Waals surface area contributed by atoms with Gasteiger partial charge >= 0.3 is 6.18 Å². The van der Waals surface area contributed by atoms with Crippen LogP contribution in [0.5, 0.6) is 0 Å². The molecular formula is C19H14F3N3O4. The molecule has 0 fully saturated rings. The van der Waals surface area contributed by atoms with Crippen molar-refractivity contribution in [2.24, 2.45) is 0 Å². The quantitative estimate of drug-likeness (QED) is 0.453. The van der Waals surface area contributed by atoms with Crippen molar-refractivity contribution >= 4 is 17.5 Å². The largest absolute Gasteiger partial charge is 0.416 e. The number of benzene rings is 2. The van der Waals surface area contributed by atoms with Gasteiger partial charge in [0, 0.05) is 23.3 Å². The number of nitro benzene ring substituents is 1. The third-order valence-corrected chi connectivity index (χ3v) is 3.53. The number of nitro groups is 1. The number of alkyl halides is 3. The maximum atomic E-state index is 12.6. The number of carbonyl (C=O) groups is 2. The van der Waals surface area contributed by atoms with Gasteiger partial charge in [-0.2, -0.15) is 13.2 Å². The van der Waals surface area contributed by atoms with Crippen molar-refractivity contribution in [2.45, 2.75) is 6.18 Å². The van der Waals surface area contributed by atoms with Crippen LogP contribution in [0, 0.1) is 22.0 Å². The lowest BCUT2D eigenvalue weighted by molar-refractivity contribution is -0.384. The number of halogens is 3. The number of nitrogens with one attached hydrogen (secondary N) is 2. The van der Waals surface area contributed by atoms with Gasteiger partial charge in [-0.05, 0) is 24.3 Å². The van der Waals surface area contributed by atoms with Gasteiger partial charge in [-0.3, -0.25) is 19.7 Å². The zero-order valence-corrected chi connectivity index (χ0v) is 14.7. The van der Waals surface area contributed by atoms with Crippen LogP contribution in [0.2, 0.25) is 0 Å². The van der Waals surface area contributed by atoms with Crippen molar-refractivity contribution < 1.29 is 27.7 Å². The molecule has 0 aliphatic carbocycles. The Hall–Kier alpha value is -3.87. The van der Waals surface area contributed by atoms with Gasteiger partial charge in [0.05, 0.1) is 23.6 Å². The van der Waals surface area contributed by atoms with E-state index in [0.29, 0.717) is 0 Å². The summed E-state index contributed by atoms with van der Waals surface area (Å²) in [5.74, 6) is 3.77. The van der Waals surface area contributed by atoms with Gasteiger partial charge < -0.3 is 10.6 Å². The van der Waals surface area contributed by atoms with Crippen LogP contribution in [0.15, 0.2) is 48.5 Å². The summed E-state index contributed by atoms with van der Waals surface area (Å²) >= 11 is 0. The summed E-state index contributed by atoms with van der Waals surface area (Å²) in [4.78, 5) is 33.7. The fourth-order valence-electron chi connectivity index (χ4n) is 2.15. The summed E-state index contributed by atoms with van der Waals surface area (Å²) in [6, 6.07) is 9.47. The van der Waals surface area contributed by atoms with E-state index >= 15 is 0 Å². The Morgan fingerprint density at radius 2 is 1.79 bits per heavy atom. The molecule has 2 N–H and O–H groups in total. The van der Waals surface area contributed by atoms with Crippen molar-refractivity contribution in [3.63, 3.8) is 0 Å². The molecule has 0 aliphatic heterocycles. The van der Waals surface area contributed by atoms with Crippen LogP contribution in [-0.4, -0.2) is 29.8 Å². The number of nitrogens with zero attached hydrogens (tertiary/aromatic N) is 1. The van der Waals surface area contributed by atoms with Gasteiger partial charge in [0.15, 0.2) is 0 Å². The zero-order valence-electron chi connectivity index (χ0n) is 14.7. The molecule has 0 saturated heterocycles. The van der Waals surface area contributed by atoms with E-state index in [1.807, 2.05) is 0 Å². The molecule has 0 radical (unpaired) electrons. The molecule has 2 rings (SSSR count). The molecule has 0 spiro atoms. The fraction of sp³-hybridized carbons (Fsp3) is 0.158. The van der Waals surface area contributed by atoms with Gasteiger partial charge in [-0.15, -0.1) is 0 Å². The van der Waals surface area contributed by atoms with Crippen LogP contribution >= 0.6 is 0 Å². The van der Waals surface area contributed by atoms with Gasteiger partial charge in [-0.1, -0.05) is 24.0 Å². The molecule has 0 saturated carbocycles. The molecule has 0 heterocycles. The lowest BCUT2D eigenvalue weighted by Crippen LogP contribution is -2.37. The molecule has 0 unspecified atom stereocenters. The first kappa shape index (κ1) is 21.4. The predicted molar refractivity (Wildman–Crippen MR) is 96.8 cm³/mol. The lowest BCUT2D eigenvalue weighted by atomic mass is 10.1. The molecule has 0 bridgehead atoms. The Kier molecular flexibility index (Phi) is 6.92. The van der Waals surface area contributed by atoms with Gasteiger partial charge in [0.1, 0.15) is 0 Å². The summed E-state index contributed by atoms with van der Waals surface area (Å²) < 4.78 is 37.9. The zero-order chi connectivity index (χ0) is 21.4. The number of non-ortho nitro benzene ring substituents is 1. The summed E-state index contributed by atoms with van der Waals surface area (Å²) in [6.45, 7) is -0.533. The van der Waals surface area contributed by atoms with Crippen LogP contribution in [0.3, 0.4) is 0 Å². The van der Waals surface area contributed by atoms with E-state index in [2.05, 4.69) is 22.5 Å². The maximum Gasteiger partial charge on any atom is 0.416 e. The van der Waals surface area contributed by atoms with Crippen molar-refractivity contribution in [2.75, 3.05) is 13.1 Å². The second kappa shape index (κ2) is 9.36. The molecule has 2 aromatic carbocycles. The lowest BCUT2D eigenvalue weighted by Gasteiger charge is -2.06. The van der Waals surface area contributed by atoms with Gasteiger partial charge in [0.2, 0.25) is 5.91 Å². The topological polar surface area (TPSA) is 101 Å². The van der Waals surface area contributed by atoms with E-state index in [1.165, 1.54) is 30.3 Å². The minimum Gasteiger partial charge on any atom is -0.344 e. The smallest absolute Gasteiger partial charge is 0.344 e. The second-order valence-electron chi connectivity index (χ2n) is 5.65. The first-order valence-corrected chi connectivity index (χ1v) is 8.12. The van der Waals surface area contributed by atoms with E-state index in [9.17, 15) is 32.9 Å². The highest BCUT2D eigenvalue weighted by Crippen LogP contribution is 2.29. The van der Waals surface area contributed by atoms with E-state index in [0.717, 1.165) is 18.2 Å². The van der Waals surface area contributed by atoms with Crippen molar-refractivity contribution in [3.8, 4) is 11.8 Å². The summed E-state index contributed by atoms with van der Waals surface area (Å²) in [7, 11) is 0. The maximum absolute atomic E-state index is 12.6. The predicted octanol–water partition coefficient (Wildman–Crippen LogP) is 2.51. The highest BCUT2D eigenvalue weighted by atomic mass is 19.4. The molecule has 0 atom stereocenters. The van der Waals surface area contributed by atoms with Crippen LogP contribution < -0.4 is 10.6 Å². The van der Waals surface area contributed by atoms with E-state index in [4.69, 9.17) is 0 Å². The summed E-state index contributed by atoms with van der Waals surface area (Å²) in [5, 5.41) is 15.4. The highest BCUT2D eigenvalue weighted by molar-refractivity contribution is 5.96. The Balaban J connectivity index is 1.83. The normalized spacial score (nSPS) is 10.4. The van der Waals surface area contributed by atoms with Crippen LogP contribution in [0.4, 0.5) is 18.9 Å². The second-order valence-corrected chi connectivity index (χ2v) is 5.65. The Labute approximate surface area is 163 Å². The molecule has 2 amide bonds. The molecule has 150 valence electrons. The molecule has 10 heteroatoms. The van der Waals surface area contributed by atoms with Crippen LogP contribution in [0.25, 0.3) is 0 Å². The standard InChI is InChI=1S/C19H14F3N3O4/c20-19(21,22)15-7-1-4-13(10-15)5-3-9-23-17(26)12-24-18(27)14-6-2-8-16(11-14)25(28)29/h1-2,4,6-8,10-11H,9,12H2,(H,23,26)(H,24,27). The number of hydrogen-bond acceptors (Lipinski definition) is 4. The number of rotatable bonds is 5. The monoisotopic (exact) mass is 405 g/mol. The SMILES string of the molecule is O=C(CNC(=O)c1cccc([N+](=O)[O-])c1)NCC#Cc1cccc(C(F)(F)F)c1. The average molecular weight is 405 g/mol. The Bertz CT molecular complexity index is 994. The number of carbonyl (C=O) groups excluding carboxylic acids is 2. The fourth-order valence-corrected chi connectivity index (χ4v) is 2.15. The third kappa shape index (κ3) is 6.66. The first-order valence-electron chi connectivity index (χ1n) is 8.12. The van der Waals surface area contributed by atoms with E-state index < -0.39 is 35.0 Å². The van der Waals surface area contributed by atoms with Crippen LogP contribution in [-0.2, 0) is 11.0 Å². The van der Waals surface area contributed by atoms with E-state index in [-0.39, 0.29) is 23.4 Å². The Morgan fingerprint density at radius 1 is 1.07 bits per heavy atom. The van der Waals surface area contributed by atoms with Crippen LogP contribution in [0.1, 0.15) is 21.5 Å². The van der Waals surface area contributed by atoms with Crippen molar-refractivity contribution in [1.82, 2.24) is 10.6 Å². The molecule has 29 heavy (non-hydrogen) atoms.